The molecule has 1 heterocycles. The van der Waals surface area contributed by atoms with Gasteiger partial charge in [0, 0.05) is 19.8 Å². The van der Waals surface area contributed by atoms with E-state index >= 15 is 0 Å². The average molecular weight is 263 g/mol. The molecule has 0 spiro atoms. The van der Waals surface area contributed by atoms with Crippen molar-refractivity contribution < 1.29 is 5.21 Å². The van der Waals surface area contributed by atoms with E-state index in [2.05, 4.69) is 15.1 Å². The minimum atomic E-state index is 0.00900. The van der Waals surface area contributed by atoms with Crippen LogP contribution in [0, 0.1) is 5.92 Å². The molecule has 1 aromatic rings. The van der Waals surface area contributed by atoms with E-state index < -0.39 is 0 Å². The van der Waals surface area contributed by atoms with Crippen LogP contribution in [0.25, 0.3) is 0 Å². The monoisotopic (exact) mass is 263 g/mol. The standard InChI is InChI=1S/C13H21N5O/c1-18(9-10-5-3-2-4-6-10)13-15-8-7-11(16-13)12(14)17-19/h7-8,10,19H,2-6,9H2,1H3,(H2,14,17). The summed E-state index contributed by atoms with van der Waals surface area (Å²) in [5, 5.41) is 11.6. The zero-order chi connectivity index (χ0) is 13.7. The summed E-state index contributed by atoms with van der Waals surface area (Å²) in [6.45, 7) is 0.958. The fourth-order valence-electron chi connectivity index (χ4n) is 2.56. The van der Waals surface area contributed by atoms with Gasteiger partial charge in [-0.15, -0.1) is 0 Å². The number of anilines is 1. The fraction of sp³-hybridized carbons (Fsp3) is 0.615. The Balaban J connectivity index is 2.03. The Morgan fingerprint density at radius 2 is 2.21 bits per heavy atom. The molecule has 1 aromatic heterocycles. The van der Waals surface area contributed by atoms with Crippen LogP contribution in [0.15, 0.2) is 17.4 Å². The summed E-state index contributed by atoms with van der Waals surface area (Å²) in [5.41, 5.74) is 5.99. The molecule has 6 nitrogen and oxygen atoms in total. The normalized spacial score (nSPS) is 17.4. The molecule has 19 heavy (non-hydrogen) atoms. The minimum absolute atomic E-state index is 0.00900. The van der Waals surface area contributed by atoms with Crippen LogP contribution in [0.2, 0.25) is 0 Å². The number of rotatable bonds is 4. The molecule has 1 aliphatic carbocycles. The van der Waals surface area contributed by atoms with E-state index in [4.69, 9.17) is 10.9 Å². The van der Waals surface area contributed by atoms with Crippen molar-refractivity contribution in [3.05, 3.63) is 18.0 Å². The van der Waals surface area contributed by atoms with Gasteiger partial charge in [0.25, 0.3) is 0 Å². The van der Waals surface area contributed by atoms with Crippen molar-refractivity contribution in [3.8, 4) is 0 Å². The summed E-state index contributed by atoms with van der Waals surface area (Å²) in [6.07, 6.45) is 8.20. The van der Waals surface area contributed by atoms with Gasteiger partial charge in [-0.3, -0.25) is 0 Å². The Bertz CT molecular complexity index is 442. The molecule has 0 saturated heterocycles. The largest absolute Gasteiger partial charge is 0.409 e. The maximum absolute atomic E-state index is 8.67. The summed E-state index contributed by atoms with van der Waals surface area (Å²) in [5.74, 6) is 1.35. The van der Waals surface area contributed by atoms with Crippen LogP contribution in [0.4, 0.5) is 5.95 Å². The summed E-state index contributed by atoms with van der Waals surface area (Å²) >= 11 is 0. The van der Waals surface area contributed by atoms with Gasteiger partial charge in [0.05, 0.1) is 0 Å². The van der Waals surface area contributed by atoms with Crippen LogP contribution in [-0.4, -0.2) is 34.6 Å². The van der Waals surface area contributed by atoms with Gasteiger partial charge in [-0.25, -0.2) is 9.97 Å². The van der Waals surface area contributed by atoms with Gasteiger partial charge < -0.3 is 15.8 Å². The van der Waals surface area contributed by atoms with Crippen LogP contribution in [0.3, 0.4) is 0 Å². The number of hydrogen-bond donors (Lipinski definition) is 2. The lowest BCUT2D eigenvalue weighted by atomic mass is 9.89. The lowest BCUT2D eigenvalue weighted by Crippen LogP contribution is -2.29. The van der Waals surface area contributed by atoms with Gasteiger partial charge >= 0.3 is 0 Å². The third-order valence-corrected chi connectivity index (χ3v) is 3.61. The molecule has 3 N–H and O–H groups in total. The van der Waals surface area contributed by atoms with Crippen LogP contribution < -0.4 is 10.6 Å². The number of oxime groups is 1. The molecular formula is C13H21N5O. The second-order valence-corrected chi connectivity index (χ2v) is 5.11. The molecular weight excluding hydrogens is 242 g/mol. The first-order valence-corrected chi connectivity index (χ1v) is 6.73. The van der Waals surface area contributed by atoms with Crippen molar-refractivity contribution in [2.24, 2.45) is 16.8 Å². The maximum Gasteiger partial charge on any atom is 0.225 e. The van der Waals surface area contributed by atoms with E-state index in [0.717, 1.165) is 12.5 Å². The van der Waals surface area contributed by atoms with Crippen LogP contribution >= 0.6 is 0 Å². The summed E-state index contributed by atoms with van der Waals surface area (Å²) in [7, 11) is 1.99. The number of aromatic nitrogens is 2. The lowest BCUT2D eigenvalue weighted by Gasteiger charge is -2.27. The molecule has 0 atom stereocenters. The maximum atomic E-state index is 8.67. The Morgan fingerprint density at radius 3 is 2.89 bits per heavy atom. The summed E-state index contributed by atoms with van der Waals surface area (Å²) < 4.78 is 0. The second kappa shape index (κ2) is 6.36. The molecule has 0 bridgehead atoms. The minimum Gasteiger partial charge on any atom is -0.409 e. The van der Waals surface area contributed by atoms with Crippen molar-refractivity contribution in [3.63, 3.8) is 0 Å². The zero-order valence-corrected chi connectivity index (χ0v) is 11.3. The SMILES string of the molecule is CN(CC1CCCCC1)c1nccc(/C(N)=N/O)n1. The molecule has 0 unspecified atom stereocenters. The van der Waals surface area contributed by atoms with E-state index in [0.29, 0.717) is 11.6 Å². The highest BCUT2D eigenvalue weighted by atomic mass is 16.4. The van der Waals surface area contributed by atoms with Crippen LogP contribution in [0.1, 0.15) is 37.8 Å². The van der Waals surface area contributed by atoms with Gasteiger partial charge in [0.15, 0.2) is 5.84 Å². The van der Waals surface area contributed by atoms with Gasteiger partial charge in [-0.1, -0.05) is 24.4 Å². The Hall–Kier alpha value is -1.85. The number of amidine groups is 1. The molecule has 104 valence electrons. The van der Waals surface area contributed by atoms with E-state index in [-0.39, 0.29) is 5.84 Å². The molecule has 2 rings (SSSR count). The first kappa shape index (κ1) is 13.6. The highest BCUT2D eigenvalue weighted by Gasteiger charge is 2.17. The van der Waals surface area contributed by atoms with Crippen LogP contribution in [0.5, 0.6) is 0 Å². The summed E-state index contributed by atoms with van der Waals surface area (Å²) in [4.78, 5) is 10.6. The Morgan fingerprint density at radius 1 is 1.47 bits per heavy atom. The van der Waals surface area contributed by atoms with Crippen LogP contribution in [-0.2, 0) is 0 Å². The zero-order valence-electron chi connectivity index (χ0n) is 11.3. The smallest absolute Gasteiger partial charge is 0.225 e. The predicted octanol–water partition coefficient (Wildman–Crippen LogP) is 1.59. The lowest BCUT2D eigenvalue weighted by molar-refractivity contribution is 0.318. The highest BCUT2D eigenvalue weighted by molar-refractivity contribution is 5.95. The van der Waals surface area contributed by atoms with Gasteiger partial charge in [0.1, 0.15) is 5.69 Å². The predicted molar refractivity (Wildman–Crippen MR) is 74.4 cm³/mol. The van der Waals surface area contributed by atoms with Gasteiger partial charge in [0.2, 0.25) is 5.95 Å². The number of nitrogens with zero attached hydrogens (tertiary/aromatic N) is 4. The molecule has 0 aromatic carbocycles. The highest BCUT2D eigenvalue weighted by Crippen LogP contribution is 2.24. The fourth-order valence-corrected chi connectivity index (χ4v) is 2.56. The van der Waals surface area contributed by atoms with Crippen molar-refractivity contribution in [2.75, 3.05) is 18.5 Å². The third-order valence-electron chi connectivity index (χ3n) is 3.61. The molecule has 0 radical (unpaired) electrons. The third kappa shape index (κ3) is 3.56. The van der Waals surface area contributed by atoms with Crippen molar-refractivity contribution >= 4 is 11.8 Å². The number of hydrogen-bond acceptors (Lipinski definition) is 5. The molecule has 1 saturated carbocycles. The Labute approximate surface area is 113 Å². The van der Waals surface area contributed by atoms with E-state index in [9.17, 15) is 0 Å². The molecule has 1 fully saturated rings. The van der Waals surface area contributed by atoms with Gasteiger partial charge in [-0.2, -0.15) is 0 Å². The van der Waals surface area contributed by atoms with E-state index in [1.807, 2.05) is 11.9 Å². The van der Waals surface area contributed by atoms with E-state index in [1.54, 1.807) is 12.3 Å². The molecule has 0 amide bonds. The first-order chi connectivity index (χ1) is 9.20. The number of nitrogens with two attached hydrogens (primary N) is 1. The van der Waals surface area contributed by atoms with E-state index in [1.165, 1.54) is 32.1 Å². The summed E-state index contributed by atoms with van der Waals surface area (Å²) in [6, 6.07) is 1.63. The quantitative estimate of drug-likeness (QED) is 0.373. The molecule has 6 heteroatoms. The van der Waals surface area contributed by atoms with Crippen molar-refractivity contribution in [1.82, 2.24) is 9.97 Å². The second-order valence-electron chi connectivity index (χ2n) is 5.11. The van der Waals surface area contributed by atoms with Crippen molar-refractivity contribution in [1.29, 1.82) is 0 Å². The average Bonchev–Trinajstić information content (AvgIpc) is 2.47. The molecule has 1 aliphatic rings. The molecule has 0 aliphatic heterocycles. The van der Waals surface area contributed by atoms with Gasteiger partial charge in [-0.05, 0) is 24.8 Å². The Kier molecular flexibility index (Phi) is 4.54. The topological polar surface area (TPSA) is 87.6 Å². The van der Waals surface area contributed by atoms with Crippen molar-refractivity contribution in [2.45, 2.75) is 32.1 Å². The first-order valence-electron chi connectivity index (χ1n) is 6.73.